The van der Waals surface area contributed by atoms with E-state index in [0.29, 0.717) is 6.42 Å². The van der Waals surface area contributed by atoms with Crippen molar-refractivity contribution in [2.75, 3.05) is 6.54 Å². The van der Waals surface area contributed by atoms with Gasteiger partial charge in [-0.25, -0.2) is 4.39 Å². The van der Waals surface area contributed by atoms with Gasteiger partial charge in [0.1, 0.15) is 6.17 Å². The second-order valence-corrected chi connectivity index (χ2v) is 3.53. The van der Waals surface area contributed by atoms with Crippen LogP contribution in [0.15, 0.2) is 18.2 Å². The first-order chi connectivity index (χ1) is 6.11. The monoisotopic (exact) mass is 181 g/mol. The van der Waals surface area contributed by atoms with Crippen LogP contribution in [0.4, 0.5) is 4.39 Å². The van der Waals surface area contributed by atoms with E-state index >= 15 is 0 Å². The van der Waals surface area contributed by atoms with Crippen molar-refractivity contribution < 1.29 is 4.39 Å². The molecule has 0 aliphatic carbocycles. The van der Waals surface area contributed by atoms with Crippen LogP contribution in [0.5, 0.6) is 0 Å². The lowest BCUT2D eigenvalue weighted by Gasteiger charge is -2.07. The minimum Gasteiger partial charge on any atom is -0.328 e. The summed E-state index contributed by atoms with van der Waals surface area (Å²) in [5.74, 6) is 0. The fourth-order valence-electron chi connectivity index (χ4n) is 1.53. The summed E-state index contributed by atoms with van der Waals surface area (Å²) in [7, 11) is 0. The second kappa shape index (κ2) is 4.38. The Morgan fingerprint density at radius 3 is 2.23 bits per heavy atom. The van der Waals surface area contributed by atoms with Gasteiger partial charge in [-0.1, -0.05) is 29.3 Å². The largest absolute Gasteiger partial charge is 0.328 e. The number of nitrogens with two attached hydrogens (primary N) is 1. The van der Waals surface area contributed by atoms with Crippen molar-refractivity contribution in [2.24, 2.45) is 5.73 Å². The van der Waals surface area contributed by atoms with Crippen LogP contribution in [0.1, 0.15) is 16.7 Å². The zero-order chi connectivity index (χ0) is 9.84. The fraction of sp³-hybridized carbons (Fsp3) is 0.455. The second-order valence-electron chi connectivity index (χ2n) is 3.53. The summed E-state index contributed by atoms with van der Waals surface area (Å²) in [6, 6.07) is 6.10. The Hall–Kier alpha value is -0.890. The van der Waals surface area contributed by atoms with Crippen LogP contribution in [-0.4, -0.2) is 12.7 Å². The first-order valence-corrected chi connectivity index (χ1v) is 4.53. The Labute approximate surface area is 78.8 Å². The van der Waals surface area contributed by atoms with Crippen molar-refractivity contribution in [3.63, 3.8) is 0 Å². The number of rotatable bonds is 3. The highest BCUT2D eigenvalue weighted by atomic mass is 19.1. The molecule has 0 heterocycles. The van der Waals surface area contributed by atoms with Crippen molar-refractivity contribution in [3.8, 4) is 0 Å². The van der Waals surface area contributed by atoms with E-state index in [0.717, 1.165) is 5.56 Å². The molecule has 2 heteroatoms. The Kier molecular flexibility index (Phi) is 3.43. The maximum atomic E-state index is 13.0. The van der Waals surface area contributed by atoms with Crippen molar-refractivity contribution in [1.29, 1.82) is 0 Å². The zero-order valence-corrected chi connectivity index (χ0v) is 8.18. The smallest absolute Gasteiger partial charge is 0.116 e. The molecule has 0 spiro atoms. The third-order valence-electron chi connectivity index (χ3n) is 1.99. The van der Waals surface area contributed by atoms with E-state index in [2.05, 4.69) is 6.07 Å². The van der Waals surface area contributed by atoms with Crippen LogP contribution < -0.4 is 5.73 Å². The van der Waals surface area contributed by atoms with Crippen molar-refractivity contribution in [1.82, 2.24) is 0 Å². The quantitative estimate of drug-likeness (QED) is 0.759. The molecule has 72 valence electrons. The number of halogens is 1. The fourth-order valence-corrected chi connectivity index (χ4v) is 1.53. The molecule has 0 radical (unpaired) electrons. The number of benzene rings is 1. The van der Waals surface area contributed by atoms with Crippen LogP contribution in [0.2, 0.25) is 0 Å². The summed E-state index contributed by atoms with van der Waals surface area (Å²) in [4.78, 5) is 0. The molecule has 1 aromatic rings. The molecule has 1 unspecified atom stereocenters. The summed E-state index contributed by atoms with van der Waals surface area (Å²) in [5, 5.41) is 0. The van der Waals surface area contributed by atoms with E-state index < -0.39 is 6.17 Å². The summed E-state index contributed by atoms with van der Waals surface area (Å²) >= 11 is 0. The Morgan fingerprint density at radius 1 is 1.23 bits per heavy atom. The van der Waals surface area contributed by atoms with Gasteiger partial charge in [-0.2, -0.15) is 0 Å². The summed E-state index contributed by atoms with van der Waals surface area (Å²) in [6.45, 7) is 4.14. The van der Waals surface area contributed by atoms with Gasteiger partial charge in [0.05, 0.1) is 0 Å². The Balaban J connectivity index is 2.77. The third kappa shape index (κ3) is 3.15. The molecule has 1 nitrogen and oxygen atoms in total. The van der Waals surface area contributed by atoms with Gasteiger partial charge < -0.3 is 5.73 Å². The molecule has 1 rings (SSSR count). The minimum absolute atomic E-state index is 0.104. The SMILES string of the molecule is Cc1cc(C)cc(CC(F)CN)c1. The van der Waals surface area contributed by atoms with Gasteiger partial charge in [0.15, 0.2) is 0 Å². The van der Waals surface area contributed by atoms with Crippen LogP contribution in [0, 0.1) is 13.8 Å². The molecular formula is C11H16FN. The van der Waals surface area contributed by atoms with Crippen LogP contribution in [0.25, 0.3) is 0 Å². The summed E-state index contributed by atoms with van der Waals surface area (Å²) in [6.07, 6.45) is -0.486. The molecule has 13 heavy (non-hydrogen) atoms. The number of hydrogen-bond acceptors (Lipinski definition) is 1. The number of hydrogen-bond donors (Lipinski definition) is 1. The first kappa shape index (κ1) is 10.2. The molecule has 2 N–H and O–H groups in total. The number of aryl methyl sites for hydroxylation is 2. The topological polar surface area (TPSA) is 26.0 Å². The minimum atomic E-state index is -0.916. The van der Waals surface area contributed by atoms with Gasteiger partial charge in [-0.05, 0) is 19.4 Å². The van der Waals surface area contributed by atoms with Gasteiger partial charge >= 0.3 is 0 Å². The zero-order valence-electron chi connectivity index (χ0n) is 8.18. The third-order valence-corrected chi connectivity index (χ3v) is 1.99. The molecule has 0 aromatic heterocycles. The molecule has 1 aromatic carbocycles. The molecule has 0 saturated carbocycles. The van der Waals surface area contributed by atoms with E-state index in [1.807, 2.05) is 26.0 Å². The standard InChI is InChI=1S/C11H16FN/c1-8-3-9(2)5-10(4-8)6-11(12)7-13/h3-5,11H,6-7,13H2,1-2H3. The van der Waals surface area contributed by atoms with E-state index in [9.17, 15) is 4.39 Å². The molecule has 1 atom stereocenters. The van der Waals surface area contributed by atoms with E-state index in [4.69, 9.17) is 5.73 Å². The maximum Gasteiger partial charge on any atom is 0.116 e. The summed E-state index contributed by atoms with van der Waals surface area (Å²) < 4.78 is 13.0. The predicted octanol–water partition coefficient (Wildman–Crippen LogP) is 2.14. The maximum absolute atomic E-state index is 13.0. The van der Waals surface area contributed by atoms with Crippen molar-refractivity contribution in [3.05, 3.63) is 34.9 Å². The van der Waals surface area contributed by atoms with E-state index in [1.165, 1.54) is 11.1 Å². The predicted molar refractivity (Wildman–Crippen MR) is 53.6 cm³/mol. The molecular weight excluding hydrogens is 165 g/mol. The average Bonchev–Trinajstić information content (AvgIpc) is 2.02. The summed E-state index contributed by atoms with van der Waals surface area (Å²) in [5.41, 5.74) is 8.62. The number of alkyl halides is 1. The van der Waals surface area contributed by atoms with Crippen LogP contribution in [0.3, 0.4) is 0 Å². The van der Waals surface area contributed by atoms with Gasteiger partial charge in [0.25, 0.3) is 0 Å². The highest BCUT2D eigenvalue weighted by Gasteiger charge is 2.05. The van der Waals surface area contributed by atoms with Gasteiger partial charge in [0.2, 0.25) is 0 Å². The highest BCUT2D eigenvalue weighted by Crippen LogP contribution is 2.11. The van der Waals surface area contributed by atoms with Crippen molar-refractivity contribution in [2.45, 2.75) is 26.4 Å². The average molecular weight is 181 g/mol. The molecule has 0 fully saturated rings. The van der Waals surface area contributed by atoms with Crippen molar-refractivity contribution >= 4 is 0 Å². The van der Waals surface area contributed by atoms with E-state index in [-0.39, 0.29) is 6.54 Å². The highest BCUT2D eigenvalue weighted by molar-refractivity contribution is 5.28. The lowest BCUT2D eigenvalue weighted by molar-refractivity contribution is 0.340. The van der Waals surface area contributed by atoms with E-state index in [1.54, 1.807) is 0 Å². The molecule has 0 aliphatic rings. The molecule has 0 bridgehead atoms. The molecule has 0 saturated heterocycles. The Morgan fingerprint density at radius 2 is 1.77 bits per heavy atom. The lowest BCUT2D eigenvalue weighted by atomic mass is 10.0. The Bertz CT molecular complexity index is 263. The molecule has 0 amide bonds. The van der Waals surface area contributed by atoms with Crippen LogP contribution >= 0.6 is 0 Å². The normalized spacial score (nSPS) is 12.9. The lowest BCUT2D eigenvalue weighted by Crippen LogP contribution is -2.17. The van der Waals surface area contributed by atoms with Gasteiger partial charge in [-0.3, -0.25) is 0 Å². The van der Waals surface area contributed by atoms with Gasteiger partial charge in [0, 0.05) is 13.0 Å². The van der Waals surface area contributed by atoms with Gasteiger partial charge in [-0.15, -0.1) is 0 Å². The first-order valence-electron chi connectivity index (χ1n) is 4.53. The van der Waals surface area contributed by atoms with Crippen LogP contribution in [-0.2, 0) is 6.42 Å². The molecule has 0 aliphatic heterocycles.